The Morgan fingerprint density at radius 3 is 2.70 bits per heavy atom. The molecule has 0 amide bonds. The molecule has 1 fully saturated rings. The van der Waals surface area contributed by atoms with Crippen LogP contribution in [0.4, 0.5) is 0 Å². The van der Waals surface area contributed by atoms with Gasteiger partial charge in [0.1, 0.15) is 5.54 Å². The van der Waals surface area contributed by atoms with Gasteiger partial charge in [0.05, 0.1) is 10.7 Å². The predicted octanol–water partition coefficient (Wildman–Crippen LogP) is 2.05. The van der Waals surface area contributed by atoms with Gasteiger partial charge in [0.2, 0.25) is 0 Å². The van der Waals surface area contributed by atoms with Crippen molar-refractivity contribution in [1.82, 2.24) is 15.1 Å². The maximum Gasteiger partial charge on any atom is 0.325 e. The molecule has 5 nitrogen and oxygen atoms in total. The van der Waals surface area contributed by atoms with Crippen molar-refractivity contribution in [2.45, 2.75) is 50.2 Å². The highest BCUT2D eigenvalue weighted by molar-refractivity contribution is 7.99. The van der Waals surface area contributed by atoms with E-state index in [1.165, 1.54) is 0 Å². The maximum atomic E-state index is 11.9. The van der Waals surface area contributed by atoms with E-state index in [0.29, 0.717) is 5.75 Å². The van der Waals surface area contributed by atoms with Gasteiger partial charge in [-0.05, 0) is 45.6 Å². The molecule has 112 valence electrons. The molecule has 1 saturated carbocycles. The number of carboxylic acids is 1. The summed E-state index contributed by atoms with van der Waals surface area (Å²) in [6.45, 7) is 5.94. The first-order valence-electron chi connectivity index (χ1n) is 6.99. The van der Waals surface area contributed by atoms with Crippen LogP contribution in [0.3, 0.4) is 0 Å². The van der Waals surface area contributed by atoms with E-state index in [2.05, 4.69) is 10.4 Å². The highest BCUT2D eigenvalue weighted by atomic mass is 32.2. The van der Waals surface area contributed by atoms with Crippen LogP contribution in [-0.4, -0.2) is 38.2 Å². The fourth-order valence-electron chi connectivity index (χ4n) is 2.58. The summed E-state index contributed by atoms with van der Waals surface area (Å²) in [5.74, 6) is 0.0359. The third-order valence-corrected chi connectivity index (χ3v) is 4.89. The Hall–Kier alpha value is -1.01. The minimum Gasteiger partial charge on any atom is -0.480 e. The lowest BCUT2D eigenvalue weighted by atomic mass is 9.94. The number of nitrogens with zero attached hydrogens (tertiary/aromatic N) is 2. The van der Waals surface area contributed by atoms with Gasteiger partial charge in [-0.3, -0.25) is 14.8 Å². The predicted molar refractivity (Wildman–Crippen MR) is 80.0 cm³/mol. The summed E-state index contributed by atoms with van der Waals surface area (Å²) in [7, 11) is 1.89. The van der Waals surface area contributed by atoms with Crippen LogP contribution in [0.2, 0.25) is 0 Å². The van der Waals surface area contributed by atoms with Gasteiger partial charge in [-0.25, -0.2) is 0 Å². The Labute approximate surface area is 124 Å². The van der Waals surface area contributed by atoms with Gasteiger partial charge in [0, 0.05) is 18.8 Å². The normalized spacial score (nSPS) is 18.2. The molecule has 1 aromatic rings. The summed E-state index contributed by atoms with van der Waals surface area (Å²) in [6, 6.07) is 2.15. The van der Waals surface area contributed by atoms with E-state index in [4.69, 9.17) is 0 Å². The van der Waals surface area contributed by atoms with Crippen molar-refractivity contribution >= 4 is 17.7 Å². The Bertz CT molecular complexity index is 497. The van der Waals surface area contributed by atoms with Crippen molar-refractivity contribution in [2.75, 3.05) is 5.75 Å². The number of hydrogen-bond donors (Lipinski definition) is 2. The van der Waals surface area contributed by atoms with E-state index < -0.39 is 11.5 Å². The highest BCUT2D eigenvalue weighted by Crippen LogP contribution is 2.43. The maximum absolute atomic E-state index is 11.9. The van der Waals surface area contributed by atoms with E-state index in [0.717, 1.165) is 23.6 Å². The molecule has 1 atom stereocenters. The molecule has 0 radical (unpaired) electrons. The van der Waals surface area contributed by atoms with Gasteiger partial charge < -0.3 is 5.11 Å². The van der Waals surface area contributed by atoms with E-state index in [1.807, 2.05) is 38.6 Å². The van der Waals surface area contributed by atoms with Gasteiger partial charge in [0.25, 0.3) is 0 Å². The van der Waals surface area contributed by atoms with Crippen LogP contribution in [0.15, 0.2) is 11.1 Å². The average Bonchev–Trinajstić information content (AvgIpc) is 3.11. The molecule has 0 bridgehead atoms. The number of rotatable bonds is 7. The van der Waals surface area contributed by atoms with Crippen LogP contribution < -0.4 is 5.32 Å². The Morgan fingerprint density at radius 2 is 2.30 bits per heavy atom. The summed E-state index contributed by atoms with van der Waals surface area (Å²) >= 11 is 1.57. The molecule has 1 heterocycles. The number of aryl methyl sites for hydroxylation is 2. The number of aromatic nitrogens is 2. The van der Waals surface area contributed by atoms with Crippen molar-refractivity contribution in [3.63, 3.8) is 0 Å². The summed E-state index contributed by atoms with van der Waals surface area (Å²) in [5.41, 5.74) is 0.135. The zero-order valence-corrected chi connectivity index (χ0v) is 13.3. The molecule has 0 aliphatic heterocycles. The summed E-state index contributed by atoms with van der Waals surface area (Å²) < 4.78 is 1.81. The van der Waals surface area contributed by atoms with Crippen molar-refractivity contribution in [2.24, 2.45) is 13.0 Å². The van der Waals surface area contributed by atoms with Gasteiger partial charge in [-0.1, -0.05) is 0 Å². The van der Waals surface area contributed by atoms with E-state index in [9.17, 15) is 9.90 Å². The number of carboxylic acid groups (broad SMARTS) is 1. The van der Waals surface area contributed by atoms with Crippen LogP contribution >= 0.6 is 11.8 Å². The number of carbonyl (C=O) groups is 1. The number of nitrogens with one attached hydrogen (secondary N) is 1. The second-order valence-corrected chi connectivity index (χ2v) is 6.88. The molecule has 6 heteroatoms. The molecule has 2 N–H and O–H groups in total. The first kappa shape index (κ1) is 15.4. The molecule has 0 saturated heterocycles. The lowest BCUT2D eigenvalue weighted by Gasteiger charge is -2.32. The fourth-order valence-corrected chi connectivity index (χ4v) is 3.88. The summed E-state index contributed by atoms with van der Waals surface area (Å²) in [6.07, 6.45) is 1.99. The second kappa shape index (κ2) is 5.77. The van der Waals surface area contributed by atoms with Crippen LogP contribution in [0.25, 0.3) is 0 Å². The molecule has 1 unspecified atom stereocenters. The third kappa shape index (κ3) is 3.17. The second-order valence-electron chi connectivity index (χ2n) is 5.89. The molecule has 1 aliphatic rings. The lowest BCUT2D eigenvalue weighted by molar-refractivity contribution is -0.145. The molecule has 20 heavy (non-hydrogen) atoms. The average molecular weight is 297 g/mol. The first-order valence-corrected chi connectivity index (χ1v) is 7.98. The molecule has 0 aromatic carbocycles. The lowest BCUT2D eigenvalue weighted by Crippen LogP contribution is -2.58. The highest BCUT2D eigenvalue weighted by Gasteiger charge is 2.51. The smallest absolute Gasteiger partial charge is 0.325 e. The van der Waals surface area contributed by atoms with Crippen molar-refractivity contribution in [1.29, 1.82) is 0 Å². The summed E-state index contributed by atoms with van der Waals surface area (Å²) in [5, 5.41) is 18.4. The SMILES string of the molecule is Cc1cc(SCC(NC(C)C)(C(=O)O)C2CC2)n(C)n1. The van der Waals surface area contributed by atoms with Gasteiger partial charge >= 0.3 is 5.97 Å². The van der Waals surface area contributed by atoms with E-state index in [1.54, 1.807) is 11.8 Å². The molecule has 0 spiro atoms. The Morgan fingerprint density at radius 1 is 1.65 bits per heavy atom. The van der Waals surface area contributed by atoms with Crippen molar-refractivity contribution in [3.05, 3.63) is 11.8 Å². The minimum absolute atomic E-state index is 0.153. The summed E-state index contributed by atoms with van der Waals surface area (Å²) in [4.78, 5) is 11.9. The monoisotopic (exact) mass is 297 g/mol. The van der Waals surface area contributed by atoms with Gasteiger partial charge in [0.15, 0.2) is 0 Å². The first-order chi connectivity index (χ1) is 9.35. The minimum atomic E-state index is -0.822. The Kier molecular flexibility index (Phi) is 4.44. The van der Waals surface area contributed by atoms with Crippen molar-refractivity contribution in [3.8, 4) is 0 Å². The fraction of sp³-hybridized carbons (Fsp3) is 0.714. The number of aliphatic carboxylic acids is 1. The molecule has 1 aliphatic carbocycles. The molecule has 1 aromatic heterocycles. The van der Waals surface area contributed by atoms with Crippen LogP contribution in [0, 0.1) is 12.8 Å². The Balaban J connectivity index is 2.15. The zero-order valence-electron chi connectivity index (χ0n) is 12.5. The van der Waals surface area contributed by atoms with Crippen LogP contribution in [0.1, 0.15) is 32.4 Å². The quantitative estimate of drug-likeness (QED) is 0.754. The van der Waals surface area contributed by atoms with Crippen LogP contribution in [0.5, 0.6) is 0 Å². The van der Waals surface area contributed by atoms with Gasteiger partial charge in [-0.15, -0.1) is 11.8 Å². The third-order valence-electron chi connectivity index (χ3n) is 3.61. The molecule has 2 rings (SSSR count). The molecular weight excluding hydrogens is 274 g/mol. The van der Waals surface area contributed by atoms with Crippen LogP contribution in [-0.2, 0) is 11.8 Å². The number of thioether (sulfide) groups is 1. The van der Waals surface area contributed by atoms with E-state index >= 15 is 0 Å². The number of hydrogen-bond acceptors (Lipinski definition) is 4. The van der Waals surface area contributed by atoms with Crippen molar-refractivity contribution < 1.29 is 9.90 Å². The zero-order chi connectivity index (χ0) is 14.9. The van der Waals surface area contributed by atoms with E-state index in [-0.39, 0.29) is 12.0 Å². The molecular formula is C14H23N3O2S. The topological polar surface area (TPSA) is 67.2 Å². The largest absolute Gasteiger partial charge is 0.480 e. The van der Waals surface area contributed by atoms with Gasteiger partial charge in [-0.2, -0.15) is 5.10 Å². The standard InChI is InChI=1S/C14H23N3O2S/c1-9(2)15-14(13(18)19,11-5-6-11)8-20-12-7-10(3)16-17(12)4/h7,9,11,15H,5-6,8H2,1-4H3,(H,18,19).